The number of nitrogens with one attached hydrogen (secondary N) is 1. The lowest BCUT2D eigenvalue weighted by atomic mass is 10.2. The average molecular weight is 385 g/mol. The minimum Gasteiger partial charge on any atom is -0.474 e. The summed E-state index contributed by atoms with van der Waals surface area (Å²) in [6.07, 6.45) is 5.25. The van der Waals surface area contributed by atoms with Gasteiger partial charge in [-0.1, -0.05) is 0 Å². The number of carbonyl (C=O) groups excluding carboxylic acids is 1. The molecule has 0 atom stereocenters. The Morgan fingerprint density at radius 2 is 2.04 bits per heavy atom. The van der Waals surface area contributed by atoms with Gasteiger partial charge in [0, 0.05) is 31.5 Å². The third-order valence-electron chi connectivity index (χ3n) is 4.44. The van der Waals surface area contributed by atoms with Crippen molar-refractivity contribution in [3.05, 3.63) is 46.1 Å². The fraction of sp³-hybridized carbons (Fsp3) is 0.500. The van der Waals surface area contributed by atoms with Crippen LogP contribution in [0.15, 0.2) is 34.3 Å². The number of nitrogens with zero attached hydrogens (tertiary/aromatic N) is 4. The molecule has 1 fully saturated rings. The summed E-state index contributed by atoms with van der Waals surface area (Å²) in [7, 11) is 1.64. The number of ether oxygens (including phenoxy) is 1. The number of carbonyl (C=O) groups is 1. The van der Waals surface area contributed by atoms with Crippen molar-refractivity contribution in [3.8, 4) is 5.88 Å². The van der Waals surface area contributed by atoms with Crippen molar-refractivity contribution in [2.45, 2.75) is 58.7 Å². The van der Waals surface area contributed by atoms with Gasteiger partial charge in [0.25, 0.3) is 11.5 Å². The van der Waals surface area contributed by atoms with Gasteiger partial charge in [0.1, 0.15) is 11.3 Å². The summed E-state index contributed by atoms with van der Waals surface area (Å²) in [4.78, 5) is 34.3. The molecule has 0 unspecified atom stereocenters. The van der Waals surface area contributed by atoms with Gasteiger partial charge in [-0.2, -0.15) is 4.98 Å². The molecule has 0 radical (unpaired) electrons. The van der Waals surface area contributed by atoms with Crippen LogP contribution in [0.1, 0.15) is 63.0 Å². The molecule has 150 valence electrons. The molecule has 2 aromatic heterocycles. The highest BCUT2D eigenvalue weighted by atomic mass is 16.5. The number of hydrogen-bond donors (Lipinski definition) is 1. The monoisotopic (exact) mass is 385 g/mol. The van der Waals surface area contributed by atoms with Crippen molar-refractivity contribution in [3.63, 3.8) is 0 Å². The van der Waals surface area contributed by atoms with Crippen LogP contribution >= 0.6 is 0 Å². The van der Waals surface area contributed by atoms with Gasteiger partial charge in [-0.05, 0) is 52.7 Å². The molecule has 1 N–H and O–H groups in total. The summed E-state index contributed by atoms with van der Waals surface area (Å²) in [6.45, 7) is 7.68. The van der Waals surface area contributed by atoms with Crippen LogP contribution in [0.5, 0.6) is 5.88 Å². The fourth-order valence-electron chi connectivity index (χ4n) is 2.91. The smallest absolute Gasteiger partial charge is 0.274 e. The third kappa shape index (κ3) is 4.16. The number of aromatic nitrogens is 3. The standard InChI is InChI=1S/C20H27N5O3/c1-12(2)25-11-15(18(28-13(3)4)23-20(25)21-5)17(26)22-16-7-6-10-24(19(16)27)14-8-9-14/h6-7,10-14H,8-9H2,1-5H3,(H,22,26)/b21-20-. The summed E-state index contributed by atoms with van der Waals surface area (Å²) in [5, 5.41) is 2.73. The normalized spacial score (nSPS) is 14.6. The second-order valence-corrected chi connectivity index (χ2v) is 7.47. The van der Waals surface area contributed by atoms with E-state index in [0.717, 1.165) is 12.8 Å². The van der Waals surface area contributed by atoms with Gasteiger partial charge < -0.3 is 19.2 Å². The van der Waals surface area contributed by atoms with E-state index in [1.54, 1.807) is 40.7 Å². The first-order valence-electron chi connectivity index (χ1n) is 9.57. The maximum atomic E-state index is 13.0. The van der Waals surface area contributed by atoms with E-state index in [1.165, 1.54) is 0 Å². The molecule has 2 aromatic rings. The summed E-state index contributed by atoms with van der Waals surface area (Å²) < 4.78 is 9.23. The highest BCUT2D eigenvalue weighted by Crippen LogP contribution is 2.33. The Morgan fingerprint density at radius 3 is 2.61 bits per heavy atom. The van der Waals surface area contributed by atoms with E-state index < -0.39 is 5.91 Å². The molecule has 0 spiro atoms. The third-order valence-corrected chi connectivity index (χ3v) is 4.44. The summed E-state index contributed by atoms with van der Waals surface area (Å²) in [6, 6.07) is 3.67. The lowest BCUT2D eigenvalue weighted by Gasteiger charge is -2.18. The van der Waals surface area contributed by atoms with Crippen LogP contribution in [0.3, 0.4) is 0 Å². The van der Waals surface area contributed by atoms with Crippen molar-refractivity contribution in [1.82, 2.24) is 14.1 Å². The largest absolute Gasteiger partial charge is 0.474 e. The van der Waals surface area contributed by atoms with Gasteiger partial charge in [0.15, 0.2) is 0 Å². The zero-order chi connectivity index (χ0) is 20.4. The number of rotatable bonds is 6. The first kappa shape index (κ1) is 19.9. The van der Waals surface area contributed by atoms with E-state index in [0.29, 0.717) is 5.62 Å². The topological polar surface area (TPSA) is 90.5 Å². The van der Waals surface area contributed by atoms with Crippen LogP contribution in [0.4, 0.5) is 5.69 Å². The molecule has 0 aromatic carbocycles. The van der Waals surface area contributed by atoms with Crippen molar-refractivity contribution < 1.29 is 9.53 Å². The van der Waals surface area contributed by atoms with E-state index in [9.17, 15) is 9.59 Å². The summed E-state index contributed by atoms with van der Waals surface area (Å²) >= 11 is 0. The Bertz CT molecular complexity index is 1000. The van der Waals surface area contributed by atoms with Crippen LogP contribution < -0.4 is 21.2 Å². The van der Waals surface area contributed by atoms with Gasteiger partial charge >= 0.3 is 0 Å². The zero-order valence-corrected chi connectivity index (χ0v) is 17.0. The lowest BCUT2D eigenvalue weighted by molar-refractivity contribution is 0.101. The quantitative estimate of drug-likeness (QED) is 0.827. The second-order valence-electron chi connectivity index (χ2n) is 7.47. The van der Waals surface area contributed by atoms with Gasteiger partial charge in [0.05, 0.1) is 6.10 Å². The van der Waals surface area contributed by atoms with E-state index in [4.69, 9.17) is 4.74 Å². The van der Waals surface area contributed by atoms with E-state index >= 15 is 0 Å². The Kier molecular flexibility index (Phi) is 5.67. The molecule has 28 heavy (non-hydrogen) atoms. The molecule has 8 heteroatoms. The van der Waals surface area contributed by atoms with Crippen molar-refractivity contribution in [1.29, 1.82) is 0 Å². The first-order chi connectivity index (χ1) is 13.3. The predicted molar refractivity (Wildman–Crippen MR) is 107 cm³/mol. The van der Waals surface area contributed by atoms with E-state index in [2.05, 4.69) is 15.3 Å². The van der Waals surface area contributed by atoms with E-state index in [1.807, 2.05) is 27.7 Å². The highest BCUT2D eigenvalue weighted by molar-refractivity contribution is 6.05. The molecule has 1 amide bonds. The van der Waals surface area contributed by atoms with Gasteiger partial charge in [0.2, 0.25) is 11.5 Å². The molecule has 0 aliphatic heterocycles. The predicted octanol–water partition coefficient (Wildman–Crippen LogP) is 2.53. The minimum atomic E-state index is -0.439. The van der Waals surface area contributed by atoms with Crippen LogP contribution in [0.25, 0.3) is 0 Å². The Hall–Kier alpha value is -2.90. The highest BCUT2D eigenvalue weighted by Gasteiger charge is 2.26. The SMILES string of the molecule is C/N=c1/nc(OC(C)C)c(C(=O)Nc2cccn(C3CC3)c2=O)cn1C(C)C. The number of hydrogen-bond acceptors (Lipinski definition) is 5. The number of amides is 1. The van der Waals surface area contributed by atoms with Crippen molar-refractivity contribution in [2.75, 3.05) is 12.4 Å². The molecular weight excluding hydrogens is 358 g/mol. The van der Waals surface area contributed by atoms with Crippen molar-refractivity contribution in [2.24, 2.45) is 4.99 Å². The molecule has 1 aliphatic rings. The van der Waals surface area contributed by atoms with Crippen LogP contribution in [0, 0.1) is 0 Å². The molecule has 1 saturated carbocycles. The Morgan fingerprint density at radius 1 is 1.32 bits per heavy atom. The number of anilines is 1. The Balaban J connectivity index is 2.01. The zero-order valence-electron chi connectivity index (χ0n) is 17.0. The van der Waals surface area contributed by atoms with Gasteiger partial charge in [-0.25, -0.2) is 0 Å². The molecule has 0 bridgehead atoms. The molecule has 0 saturated heterocycles. The maximum Gasteiger partial charge on any atom is 0.274 e. The van der Waals surface area contributed by atoms with Crippen LogP contribution in [-0.4, -0.2) is 33.2 Å². The van der Waals surface area contributed by atoms with Gasteiger partial charge in [-0.3, -0.25) is 14.6 Å². The fourth-order valence-corrected chi connectivity index (χ4v) is 2.91. The van der Waals surface area contributed by atoms with Crippen LogP contribution in [0.2, 0.25) is 0 Å². The van der Waals surface area contributed by atoms with Crippen molar-refractivity contribution >= 4 is 11.6 Å². The molecule has 2 heterocycles. The minimum absolute atomic E-state index is 0.0506. The second kappa shape index (κ2) is 8.00. The Labute approximate surface area is 163 Å². The summed E-state index contributed by atoms with van der Waals surface area (Å²) in [5.74, 6) is -0.241. The lowest BCUT2D eigenvalue weighted by Crippen LogP contribution is -2.31. The molecule has 8 nitrogen and oxygen atoms in total. The number of pyridine rings is 1. The maximum absolute atomic E-state index is 13.0. The van der Waals surface area contributed by atoms with E-state index in [-0.39, 0.29) is 40.9 Å². The molecular formula is C20H27N5O3. The summed E-state index contributed by atoms with van der Waals surface area (Å²) in [5.41, 5.74) is 0.777. The van der Waals surface area contributed by atoms with Crippen LogP contribution in [-0.2, 0) is 0 Å². The average Bonchev–Trinajstić information content (AvgIpc) is 3.47. The first-order valence-corrected chi connectivity index (χ1v) is 9.57. The molecule has 1 aliphatic carbocycles. The van der Waals surface area contributed by atoms with Gasteiger partial charge in [-0.15, -0.1) is 0 Å². The molecule has 3 rings (SSSR count).